The van der Waals surface area contributed by atoms with Gasteiger partial charge in [0.1, 0.15) is 11.2 Å². The lowest BCUT2D eigenvalue weighted by Gasteiger charge is -2.30. The average molecular weight is 369 g/mol. The molecule has 0 radical (unpaired) electrons. The molecule has 3 aromatic rings. The molecule has 4 rings (SSSR count). The average Bonchev–Trinajstić information content (AvgIpc) is 3.17. The van der Waals surface area contributed by atoms with Crippen LogP contribution in [0.2, 0.25) is 0 Å². The van der Waals surface area contributed by atoms with E-state index in [-0.39, 0.29) is 12.6 Å². The zero-order valence-corrected chi connectivity index (χ0v) is 15.6. The van der Waals surface area contributed by atoms with Crippen molar-refractivity contribution in [3.63, 3.8) is 0 Å². The first kappa shape index (κ1) is 17.8. The zero-order chi connectivity index (χ0) is 18.9. The molecule has 27 heavy (non-hydrogen) atoms. The smallest absolute Gasteiger partial charge is 0.155 e. The van der Waals surface area contributed by atoms with Gasteiger partial charge in [-0.25, -0.2) is 14.4 Å². The van der Waals surface area contributed by atoms with Crippen molar-refractivity contribution in [1.29, 1.82) is 0 Å². The van der Waals surface area contributed by atoms with Gasteiger partial charge < -0.3 is 10.6 Å². The first-order valence-corrected chi connectivity index (χ1v) is 9.34. The van der Waals surface area contributed by atoms with Crippen molar-refractivity contribution >= 4 is 16.9 Å². The molecule has 1 saturated heterocycles. The maximum absolute atomic E-state index is 15.0. The van der Waals surface area contributed by atoms with Crippen LogP contribution in [0.1, 0.15) is 32.7 Å². The lowest BCUT2D eigenvalue weighted by Crippen LogP contribution is -2.46. The molecular formula is C19H24FN7. The van der Waals surface area contributed by atoms with E-state index in [1.165, 1.54) is 0 Å². The van der Waals surface area contributed by atoms with Crippen LogP contribution in [0.4, 0.5) is 10.2 Å². The molecular weight excluding hydrogens is 345 g/mol. The SMILES string of the molecule is CC(C)n1cc(-c2cc3nccnc3c(NCC3(F)CCCNC3)n2)cn1. The molecule has 0 amide bonds. The highest BCUT2D eigenvalue weighted by Gasteiger charge is 2.31. The summed E-state index contributed by atoms with van der Waals surface area (Å²) in [6, 6.07) is 2.16. The van der Waals surface area contributed by atoms with E-state index in [1.807, 2.05) is 16.9 Å². The summed E-state index contributed by atoms with van der Waals surface area (Å²) in [5.74, 6) is 0.551. The highest BCUT2D eigenvalue weighted by atomic mass is 19.1. The summed E-state index contributed by atoms with van der Waals surface area (Å²) >= 11 is 0. The second-order valence-corrected chi connectivity index (χ2v) is 7.37. The van der Waals surface area contributed by atoms with Gasteiger partial charge in [0.2, 0.25) is 0 Å². The molecule has 0 bridgehead atoms. The summed E-state index contributed by atoms with van der Waals surface area (Å²) in [7, 11) is 0. The minimum absolute atomic E-state index is 0.188. The fourth-order valence-electron chi connectivity index (χ4n) is 3.32. The number of halogens is 1. The standard InChI is InChI=1S/C19H24FN7/c1-13(2)27-10-14(9-25-27)15-8-16-17(23-7-6-22-16)18(26-15)24-12-19(20)4-3-5-21-11-19/h6-10,13,21H,3-5,11-12H2,1-2H3,(H,24,26). The zero-order valence-electron chi connectivity index (χ0n) is 15.6. The largest absolute Gasteiger partial charge is 0.365 e. The number of pyridine rings is 1. The first-order chi connectivity index (χ1) is 13.0. The molecule has 142 valence electrons. The second-order valence-electron chi connectivity index (χ2n) is 7.37. The molecule has 0 aliphatic carbocycles. The number of nitrogens with one attached hydrogen (secondary N) is 2. The number of hydrogen-bond donors (Lipinski definition) is 2. The van der Waals surface area contributed by atoms with Crippen LogP contribution >= 0.6 is 0 Å². The maximum Gasteiger partial charge on any atom is 0.155 e. The number of rotatable bonds is 5. The van der Waals surface area contributed by atoms with Crippen LogP contribution in [0.5, 0.6) is 0 Å². The van der Waals surface area contributed by atoms with Gasteiger partial charge in [0.25, 0.3) is 0 Å². The van der Waals surface area contributed by atoms with Gasteiger partial charge in [-0.2, -0.15) is 5.10 Å². The van der Waals surface area contributed by atoms with Gasteiger partial charge in [0, 0.05) is 36.7 Å². The third kappa shape index (κ3) is 3.75. The predicted octanol–water partition coefficient (Wildman–Crippen LogP) is 2.97. The van der Waals surface area contributed by atoms with Crippen molar-refractivity contribution in [3.05, 3.63) is 30.9 Å². The normalized spacial score (nSPS) is 20.3. The van der Waals surface area contributed by atoms with E-state index in [0.717, 1.165) is 29.7 Å². The van der Waals surface area contributed by atoms with Crippen LogP contribution in [-0.4, -0.2) is 50.0 Å². The molecule has 1 aliphatic heterocycles. The van der Waals surface area contributed by atoms with Crippen molar-refractivity contribution < 1.29 is 4.39 Å². The molecule has 0 spiro atoms. The third-order valence-electron chi connectivity index (χ3n) is 4.88. The van der Waals surface area contributed by atoms with Crippen LogP contribution in [0.15, 0.2) is 30.9 Å². The van der Waals surface area contributed by atoms with Crippen molar-refractivity contribution in [2.24, 2.45) is 0 Å². The van der Waals surface area contributed by atoms with E-state index in [1.54, 1.807) is 18.6 Å². The molecule has 0 saturated carbocycles. The Morgan fingerprint density at radius 2 is 2.19 bits per heavy atom. The van der Waals surface area contributed by atoms with Gasteiger partial charge >= 0.3 is 0 Å². The fraction of sp³-hybridized carbons (Fsp3) is 0.474. The molecule has 1 aliphatic rings. The number of fused-ring (bicyclic) bond motifs is 1. The lowest BCUT2D eigenvalue weighted by molar-refractivity contribution is 0.137. The Hall–Kier alpha value is -2.61. The summed E-state index contributed by atoms with van der Waals surface area (Å²) in [4.78, 5) is 13.5. The van der Waals surface area contributed by atoms with Gasteiger partial charge in [-0.05, 0) is 39.3 Å². The van der Waals surface area contributed by atoms with Gasteiger partial charge in [-0.1, -0.05) is 0 Å². The van der Waals surface area contributed by atoms with E-state index >= 15 is 0 Å². The van der Waals surface area contributed by atoms with E-state index in [9.17, 15) is 4.39 Å². The van der Waals surface area contributed by atoms with E-state index in [2.05, 4.69) is 39.5 Å². The van der Waals surface area contributed by atoms with Gasteiger partial charge in [-0.3, -0.25) is 9.67 Å². The Bertz CT molecular complexity index is 931. The van der Waals surface area contributed by atoms with Crippen LogP contribution in [0.3, 0.4) is 0 Å². The molecule has 8 heteroatoms. The highest BCUT2D eigenvalue weighted by Crippen LogP contribution is 2.27. The van der Waals surface area contributed by atoms with Gasteiger partial charge in [0.15, 0.2) is 5.82 Å². The minimum Gasteiger partial charge on any atom is -0.365 e. The van der Waals surface area contributed by atoms with Crippen molar-refractivity contribution in [2.75, 3.05) is 25.0 Å². The highest BCUT2D eigenvalue weighted by molar-refractivity contribution is 5.88. The number of anilines is 1. The number of piperidine rings is 1. The molecule has 3 aromatic heterocycles. The minimum atomic E-state index is -1.28. The Morgan fingerprint density at radius 1 is 1.33 bits per heavy atom. The number of hydrogen-bond acceptors (Lipinski definition) is 6. The Morgan fingerprint density at radius 3 is 2.93 bits per heavy atom. The van der Waals surface area contributed by atoms with Gasteiger partial charge in [-0.15, -0.1) is 0 Å². The second kappa shape index (κ2) is 7.19. The lowest BCUT2D eigenvalue weighted by atomic mass is 9.96. The number of nitrogens with zero attached hydrogens (tertiary/aromatic N) is 5. The van der Waals surface area contributed by atoms with Crippen LogP contribution in [-0.2, 0) is 0 Å². The summed E-state index contributed by atoms with van der Waals surface area (Å²) < 4.78 is 16.9. The molecule has 0 aromatic carbocycles. The van der Waals surface area contributed by atoms with Crippen LogP contribution in [0, 0.1) is 0 Å². The summed E-state index contributed by atoms with van der Waals surface area (Å²) in [5, 5.41) is 10.7. The molecule has 1 unspecified atom stereocenters. The monoisotopic (exact) mass is 369 g/mol. The van der Waals surface area contributed by atoms with Crippen LogP contribution in [0.25, 0.3) is 22.3 Å². The molecule has 7 nitrogen and oxygen atoms in total. The maximum atomic E-state index is 15.0. The van der Waals surface area contributed by atoms with E-state index in [4.69, 9.17) is 4.98 Å². The predicted molar refractivity (Wildman–Crippen MR) is 103 cm³/mol. The van der Waals surface area contributed by atoms with Crippen molar-refractivity contribution in [1.82, 2.24) is 30.0 Å². The first-order valence-electron chi connectivity index (χ1n) is 9.34. The van der Waals surface area contributed by atoms with Crippen molar-refractivity contribution in [2.45, 2.75) is 38.4 Å². The quantitative estimate of drug-likeness (QED) is 0.720. The van der Waals surface area contributed by atoms with Gasteiger partial charge in [0.05, 0.1) is 24.0 Å². The number of aromatic nitrogens is 5. The third-order valence-corrected chi connectivity index (χ3v) is 4.88. The summed E-state index contributed by atoms with van der Waals surface area (Å²) in [6.45, 7) is 5.55. The molecule has 1 fully saturated rings. The Labute approximate surface area is 157 Å². The van der Waals surface area contributed by atoms with Crippen molar-refractivity contribution in [3.8, 4) is 11.3 Å². The van der Waals surface area contributed by atoms with E-state index < -0.39 is 5.67 Å². The fourth-order valence-corrected chi connectivity index (χ4v) is 3.32. The van der Waals surface area contributed by atoms with Crippen LogP contribution < -0.4 is 10.6 Å². The summed E-state index contributed by atoms with van der Waals surface area (Å²) in [6.07, 6.45) is 8.39. The Kier molecular flexibility index (Phi) is 4.73. The Balaban J connectivity index is 1.67. The molecule has 2 N–H and O–H groups in total. The topological polar surface area (TPSA) is 80.5 Å². The van der Waals surface area contributed by atoms with E-state index in [0.29, 0.717) is 24.3 Å². The number of alkyl halides is 1. The summed E-state index contributed by atoms with van der Waals surface area (Å²) in [5.41, 5.74) is 1.72. The molecule has 1 atom stereocenters. The molecule has 4 heterocycles.